The fraction of sp³-hybridized carbons (Fsp3) is 0.0566. The van der Waals surface area contributed by atoms with Crippen LogP contribution in [-0.2, 0) is 5.41 Å². The molecule has 0 radical (unpaired) electrons. The van der Waals surface area contributed by atoms with Crippen molar-refractivity contribution in [1.82, 2.24) is 14.5 Å². The predicted molar refractivity (Wildman–Crippen MR) is 233 cm³/mol. The lowest BCUT2D eigenvalue weighted by atomic mass is 9.81. The van der Waals surface area contributed by atoms with Gasteiger partial charge < -0.3 is 0 Å². The molecule has 8 aromatic carbocycles. The van der Waals surface area contributed by atoms with Crippen molar-refractivity contribution in [1.29, 1.82) is 0 Å². The largest absolute Gasteiger partial charge is 0.277 e. The van der Waals surface area contributed by atoms with E-state index < -0.39 is 0 Å². The van der Waals surface area contributed by atoms with Crippen molar-refractivity contribution in [3.8, 4) is 61.7 Å². The summed E-state index contributed by atoms with van der Waals surface area (Å²) < 4.78 is 2.29. The van der Waals surface area contributed by atoms with Crippen molar-refractivity contribution >= 4 is 32.7 Å². The molecule has 0 bridgehead atoms. The molecule has 3 nitrogen and oxygen atoms in total. The molecule has 11 rings (SSSR count). The molecule has 1 aliphatic rings. The van der Waals surface area contributed by atoms with E-state index >= 15 is 0 Å². The molecular formula is C53H37N3. The maximum Gasteiger partial charge on any atom is 0.235 e. The molecule has 2 aromatic heterocycles. The van der Waals surface area contributed by atoms with Gasteiger partial charge in [0.1, 0.15) is 0 Å². The van der Waals surface area contributed by atoms with Gasteiger partial charge in [-0.1, -0.05) is 172 Å². The van der Waals surface area contributed by atoms with Gasteiger partial charge in [-0.25, -0.2) is 9.97 Å². The highest BCUT2D eigenvalue weighted by molar-refractivity contribution is 6.14. The number of hydrogen-bond donors (Lipinski definition) is 0. The monoisotopic (exact) mass is 715 g/mol. The molecular weight excluding hydrogens is 679 g/mol. The normalized spacial score (nSPS) is 13.0. The zero-order valence-corrected chi connectivity index (χ0v) is 31.2. The molecule has 0 unspecified atom stereocenters. The van der Waals surface area contributed by atoms with Gasteiger partial charge in [0.15, 0.2) is 0 Å². The lowest BCUT2D eigenvalue weighted by molar-refractivity contribution is 0.660. The average molecular weight is 716 g/mol. The van der Waals surface area contributed by atoms with Crippen LogP contribution >= 0.6 is 0 Å². The molecule has 2 heterocycles. The lowest BCUT2D eigenvalue weighted by Crippen LogP contribution is -2.14. The van der Waals surface area contributed by atoms with E-state index in [-0.39, 0.29) is 5.41 Å². The number of fused-ring (bicyclic) bond motifs is 7. The molecule has 0 aliphatic heterocycles. The molecule has 0 spiro atoms. The van der Waals surface area contributed by atoms with E-state index in [1.807, 2.05) is 6.07 Å². The topological polar surface area (TPSA) is 30.7 Å². The summed E-state index contributed by atoms with van der Waals surface area (Å²) in [6, 6.07) is 67.7. The summed E-state index contributed by atoms with van der Waals surface area (Å²) in [4.78, 5) is 10.7. The van der Waals surface area contributed by atoms with Crippen LogP contribution in [0.25, 0.3) is 94.4 Å². The number of benzene rings is 8. The van der Waals surface area contributed by atoms with Crippen LogP contribution in [0.5, 0.6) is 0 Å². The smallest absolute Gasteiger partial charge is 0.235 e. The highest BCUT2D eigenvalue weighted by atomic mass is 15.2. The highest BCUT2D eigenvalue weighted by Crippen LogP contribution is 2.50. The molecule has 0 N–H and O–H groups in total. The Morgan fingerprint density at radius 2 is 1.00 bits per heavy atom. The Hall–Kier alpha value is -7.10. The molecule has 0 fully saturated rings. The van der Waals surface area contributed by atoms with Crippen LogP contribution in [0.3, 0.4) is 0 Å². The molecule has 56 heavy (non-hydrogen) atoms. The molecule has 1 aliphatic carbocycles. The van der Waals surface area contributed by atoms with E-state index in [0.29, 0.717) is 5.95 Å². The van der Waals surface area contributed by atoms with Crippen LogP contribution in [0.4, 0.5) is 0 Å². The van der Waals surface area contributed by atoms with Crippen molar-refractivity contribution in [2.45, 2.75) is 19.3 Å². The van der Waals surface area contributed by atoms with E-state index in [1.165, 1.54) is 44.5 Å². The van der Waals surface area contributed by atoms with Crippen molar-refractivity contribution in [3.05, 3.63) is 199 Å². The first-order valence-electron chi connectivity index (χ1n) is 19.3. The second-order valence-electron chi connectivity index (χ2n) is 15.4. The van der Waals surface area contributed by atoms with E-state index in [1.54, 1.807) is 0 Å². The zero-order valence-electron chi connectivity index (χ0n) is 31.2. The number of nitrogens with zero attached hydrogens (tertiary/aromatic N) is 3. The summed E-state index contributed by atoms with van der Waals surface area (Å²) in [7, 11) is 0. The Labute approximate surface area is 326 Å². The molecule has 264 valence electrons. The number of rotatable bonds is 5. The quantitative estimate of drug-likeness (QED) is 0.178. The van der Waals surface area contributed by atoms with Gasteiger partial charge in [0, 0.05) is 32.7 Å². The van der Waals surface area contributed by atoms with E-state index in [4.69, 9.17) is 9.97 Å². The van der Waals surface area contributed by atoms with Crippen LogP contribution in [0.15, 0.2) is 188 Å². The number of aromatic nitrogens is 3. The summed E-state index contributed by atoms with van der Waals surface area (Å²) in [5.74, 6) is 0.652. The average Bonchev–Trinajstić information content (AvgIpc) is 3.71. The minimum absolute atomic E-state index is 0.0663. The van der Waals surface area contributed by atoms with Crippen molar-refractivity contribution in [3.63, 3.8) is 0 Å². The number of para-hydroxylation sites is 2. The van der Waals surface area contributed by atoms with Gasteiger partial charge in [-0.3, -0.25) is 4.57 Å². The first-order chi connectivity index (χ1) is 27.5. The zero-order chi connectivity index (χ0) is 37.4. The van der Waals surface area contributed by atoms with Gasteiger partial charge in [0.25, 0.3) is 0 Å². The minimum Gasteiger partial charge on any atom is -0.277 e. The Morgan fingerprint density at radius 3 is 1.86 bits per heavy atom. The SMILES string of the molecule is CC1(C)c2ccccc2-c2ccc(-c3cccc(-c4cccc5c6cc(-c7ccccc7)ccc6n(-c6nc(-c7ccccc7)c7ccccc7n6)c45)c3)cc21. The summed E-state index contributed by atoms with van der Waals surface area (Å²) >= 11 is 0. The molecule has 0 amide bonds. The third-order valence-corrected chi connectivity index (χ3v) is 11.8. The van der Waals surface area contributed by atoms with Crippen molar-refractivity contribution in [2.75, 3.05) is 0 Å². The second kappa shape index (κ2) is 12.5. The third-order valence-electron chi connectivity index (χ3n) is 11.8. The fourth-order valence-corrected chi connectivity index (χ4v) is 9.05. The van der Waals surface area contributed by atoms with E-state index in [0.717, 1.165) is 55.1 Å². The van der Waals surface area contributed by atoms with Gasteiger partial charge in [0.05, 0.1) is 22.2 Å². The summed E-state index contributed by atoms with van der Waals surface area (Å²) in [6.45, 7) is 4.69. The van der Waals surface area contributed by atoms with E-state index in [2.05, 4.69) is 200 Å². The Kier molecular flexibility index (Phi) is 7.20. The first-order valence-corrected chi connectivity index (χ1v) is 19.3. The Morgan fingerprint density at radius 1 is 0.393 bits per heavy atom. The predicted octanol–water partition coefficient (Wildman–Crippen LogP) is 13.7. The summed E-state index contributed by atoms with van der Waals surface area (Å²) in [5, 5.41) is 3.36. The van der Waals surface area contributed by atoms with Gasteiger partial charge in [-0.2, -0.15) is 0 Å². The summed E-state index contributed by atoms with van der Waals surface area (Å²) in [5.41, 5.74) is 17.5. The molecule has 3 heteroatoms. The molecule has 0 saturated heterocycles. The Bertz CT molecular complexity index is 3150. The second-order valence-corrected chi connectivity index (χ2v) is 15.4. The standard InChI is InChI=1S/C53H37N3/c1-53(2)46-25-11-9-21-41(46)42-29-27-38(33-47(42)53)36-19-13-20-39(31-36)40-23-14-24-43-45-32-37(34-15-5-3-6-16-34)28-30-49(45)56(51(40)43)52-54-48-26-12-10-22-44(48)50(55-52)35-17-7-4-8-18-35/h3-33H,1-2H3. The van der Waals surface area contributed by atoms with Crippen LogP contribution < -0.4 is 0 Å². The van der Waals surface area contributed by atoms with Crippen LogP contribution in [0.2, 0.25) is 0 Å². The first kappa shape index (κ1) is 32.3. The van der Waals surface area contributed by atoms with E-state index in [9.17, 15) is 0 Å². The molecule has 10 aromatic rings. The summed E-state index contributed by atoms with van der Waals surface area (Å²) in [6.07, 6.45) is 0. The third kappa shape index (κ3) is 4.98. The molecule has 0 atom stereocenters. The number of hydrogen-bond acceptors (Lipinski definition) is 2. The molecule has 0 saturated carbocycles. The van der Waals surface area contributed by atoms with Gasteiger partial charge in [-0.15, -0.1) is 0 Å². The highest BCUT2D eigenvalue weighted by Gasteiger charge is 2.35. The van der Waals surface area contributed by atoms with Gasteiger partial charge >= 0.3 is 0 Å². The maximum atomic E-state index is 5.41. The lowest BCUT2D eigenvalue weighted by Gasteiger charge is -2.22. The van der Waals surface area contributed by atoms with Crippen molar-refractivity contribution < 1.29 is 0 Å². The van der Waals surface area contributed by atoms with Gasteiger partial charge in [0.2, 0.25) is 5.95 Å². The minimum atomic E-state index is -0.0663. The van der Waals surface area contributed by atoms with Gasteiger partial charge in [-0.05, 0) is 80.4 Å². The van der Waals surface area contributed by atoms with Crippen LogP contribution in [0.1, 0.15) is 25.0 Å². The van der Waals surface area contributed by atoms with Crippen LogP contribution in [-0.4, -0.2) is 14.5 Å². The van der Waals surface area contributed by atoms with Crippen LogP contribution in [0, 0.1) is 0 Å². The Balaban J connectivity index is 1.15. The maximum absolute atomic E-state index is 5.41. The fourth-order valence-electron chi connectivity index (χ4n) is 9.05. The van der Waals surface area contributed by atoms with Crippen molar-refractivity contribution in [2.24, 2.45) is 0 Å².